The third kappa shape index (κ3) is 3.46. The van der Waals surface area contributed by atoms with Gasteiger partial charge in [-0.15, -0.1) is 0 Å². The Balaban J connectivity index is 3.07. The van der Waals surface area contributed by atoms with Crippen LogP contribution in [0.4, 0.5) is 5.82 Å². The molecule has 7 nitrogen and oxygen atoms in total. The van der Waals surface area contributed by atoms with Gasteiger partial charge in [0.25, 0.3) is 0 Å². The van der Waals surface area contributed by atoms with Crippen LogP contribution in [-0.4, -0.2) is 29.9 Å². The minimum atomic E-state index is -0.638. The number of nitriles is 1. The minimum absolute atomic E-state index is 0.215. The quantitative estimate of drug-likeness (QED) is 0.655. The number of primary amides is 2. The molecule has 7 heteroatoms. The van der Waals surface area contributed by atoms with Crippen LogP contribution in [0.1, 0.15) is 5.56 Å². The van der Waals surface area contributed by atoms with Crippen LogP contribution in [0.3, 0.4) is 0 Å². The van der Waals surface area contributed by atoms with E-state index in [4.69, 9.17) is 16.7 Å². The predicted molar refractivity (Wildman–Crippen MR) is 59.6 cm³/mol. The van der Waals surface area contributed by atoms with Gasteiger partial charge in [0.1, 0.15) is 11.9 Å². The maximum Gasteiger partial charge on any atom is 0.237 e. The number of hydrogen-bond acceptors (Lipinski definition) is 5. The summed E-state index contributed by atoms with van der Waals surface area (Å²) in [7, 11) is 0. The first-order chi connectivity index (χ1) is 8.04. The molecule has 1 heterocycles. The van der Waals surface area contributed by atoms with E-state index in [0.29, 0.717) is 0 Å². The van der Waals surface area contributed by atoms with Crippen molar-refractivity contribution in [1.29, 1.82) is 5.26 Å². The maximum atomic E-state index is 10.9. The summed E-state index contributed by atoms with van der Waals surface area (Å²) < 4.78 is 0. The van der Waals surface area contributed by atoms with E-state index in [2.05, 4.69) is 4.98 Å². The molecule has 0 aliphatic heterocycles. The zero-order valence-corrected chi connectivity index (χ0v) is 8.96. The number of hydrogen-bond donors (Lipinski definition) is 2. The van der Waals surface area contributed by atoms with E-state index in [0.717, 1.165) is 0 Å². The summed E-state index contributed by atoms with van der Waals surface area (Å²) >= 11 is 0. The van der Waals surface area contributed by atoms with Crippen molar-refractivity contribution < 1.29 is 9.59 Å². The lowest BCUT2D eigenvalue weighted by atomic mass is 10.2. The topological polar surface area (TPSA) is 126 Å². The molecule has 0 aliphatic carbocycles. The fourth-order valence-corrected chi connectivity index (χ4v) is 1.32. The summed E-state index contributed by atoms with van der Waals surface area (Å²) in [4.78, 5) is 27.0. The van der Waals surface area contributed by atoms with Crippen LogP contribution in [-0.2, 0) is 9.59 Å². The number of pyridine rings is 1. The van der Waals surface area contributed by atoms with E-state index in [1.807, 2.05) is 6.07 Å². The normalized spacial score (nSPS) is 9.35. The number of nitrogens with two attached hydrogens (primary N) is 2. The molecule has 0 radical (unpaired) electrons. The van der Waals surface area contributed by atoms with Crippen LogP contribution >= 0.6 is 0 Å². The molecule has 1 aromatic heterocycles. The minimum Gasteiger partial charge on any atom is -0.368 e. The lowest BCUT2D eigenvalue weighted by Crippen LogP contribution is -2.40. The Kier molecular flexibility index (Phi) is 4.00. The van der Waals surface area contributed by atoms with E-state index in [1.54, 1.807) is 6.07 Å². The van der Waals surface area contributed by atoms with E-state index in [1.165, 1.54) is 17.2 Å². The van der Waals surface area contributed by atoms with Gasteiger partial charge in [-0.2, -0.15) is 5.26 Å². The van der Waals surface area contributed by atoms with Gasteiger partial charge in [-0.25, -0.2) is 4.98 Å². The average molecular weight is 233 g/mol. The largest absolute Gasteiger partial charge is 0.368 e. The summed E-state index contributed by atoms with van der Waals surface area (Å²) in [6, 6.07) is 5.02. The maximum absolute atomic E-state index is 10.9. The Bertz CT molecular complexity index is 464. The summed E-state index contributed by atoms with van der Waals surface area (Å²) in [5.41, 5.74) is 10.4. The van der Waals surface area contributed by atoms with Gasteiger partial charge < -0.3 is 16.4 Å². The molecule has 0 aliphatic rings. The molecular weight excluding hydrogens is 222 g/mol. The lowest BCUT2D eigenvalue weighted by molar-refractivity contribution is -0.117. The highest BCUT2D eigenvalue weighted by Gasteiger charge is 2.16. The highest BCUT2D eigenvalue weighted by molar-refractivity contribution is 5.85. The number of aromatic nitrogens is 1. The monoisotopic (exact) mass is 233 g/mol. The zero-order chi connectivity index (χ0) is 12.8. The second-order valence-corrected chi connectivity index (χ2v) is 3.28. The molecule has 2 amide bonds. The van der Waals surface area contributed by atoms with Crippen molar-refractivity contribution in [3.8, 4) is 6.07 Å². The van der Waals surface area contributed by atoms with Gasteiger partial charge in [-0.3, -0.25) is 9.59 Å². The lowest BCUT2D eigenvalue weighted by Gasteiger charge is -2.20. The smallest absolute Gasteiger partial charge is 0.237 e. The van der Waals surface area contributed by atoms with Crippen molar-refractivity contribution in [2.45, 2.75) is 0 Å². The van der Waals surface area contributed by atoms with Crippen LogP contribution in [0.5, 0.6) is 0 Å². The molecule has 0 aromatic carbocycles. The Hall–Kier alpha value is -2.62. The molecule has 17 heavy (non-hydrogen) atoms. The summed E-state index contributed by atoms with van der Waals surface area (Å²) in [6.45, 7) is -0.455. The van der Waals surface area contributed by atoms with Crippen LogP contribution in [0.15, 0.2) is 18.3 Å². The molecule has 0 atom stereocenters. The van der Waals surface area contributed by atoms with Gasteiger partial charge in [0.05, 0.1) is 18.7 Å². The van der Waals surface area contributed by atoms with Gasteiger partial charge in [0.2, 0.25) is 11.8 Å². The van der Waals surface area contributed by atoms with Crippen molar-refractivity contribution in [1.82, 2.24) is 4.98 Å². The fraction of sp³-hybridized carbons (Fsp3) is 0.200. The second kappa shape index (κ2) is 5.46. The molecule has 0 fully saturated rings. The first kappa shape index (κ1) is 12.4. The Labute approximate surface area is 97.6 Å². The summed E-state index contributed by atoms with van der Waals surface area (Å²) in [6.07, 6.45) is 1.45. The first-order valence-electron chi connectivity index (χ1n) is 4.71. The van der Waals surface area contributed by atoms with Gasteiger partial charge in [-0.1, -0.05) is 0 Å². The van der Waals surface area contributed by atoms with Crippen molar-refractivity contribution in [2.75, 3.05) is 18.0 Å². The predicted octanol–water partition coefficient (Wildman–Crippen LogP) is -1.27. The van der Waals surface area contributed by atoms with Gasteiger partial charge >= 0.3 is 0 Å². The number of nitrogens with zero attached hydrogens (tertiary/aromatic N) is 3. The molecule has 0 unspecified atom stereocenters. The van der Waals surface area contributed by atoms with Crippen molar-refractivity contribution in [2.24, 2.45) is 11.5 Å². The Morgan fingerprint density at radius 1 is 1.35 bits per heavy atom. The first-order valence-corrected chi connectivity index (χ1v) is 4.71. The van der Waals surface area contributed by atoms with E-state index >= 15 is 0 Å². The molecule has 0 saturated heterocycles. The Morgan fingerprint density at radius 2 is 1.94 bits per heavy atom. The van der Waals surface area contributed by atoms with Crippen molar-refractivity contribution in [3.05, 3.63) is 23.9 Å². The molecule has 0 spiro atoms. The Morgan fingerprint density at radius 3 is 2.41 bits per heavy atom. The van der Waals surface area contributed by atoms with Gasteiger partial charge in [0, 0.05) is 6.20 Å². The molecule has 0 saturated carbocycles. The number of amides is 2. The number of carbonyl (C=O) groups is 2. The van der Waals surface area contributed by atoms with Crippen molar-refractivity contribution >= 4 is 17.6 Å². The molecule has 0 bridgehead atoms. The average Bonchev–Trinajstić information content (AvgIpc) is 2.27. The van der Waals surface area contributed by atoms with E-state index in [9.17, 15) is 9.59 Å². The highest BCUT2D eigenvalue weighted by atomic mass is 16.2. The number of rotatable bonds is 5. The number of carbonyl (C=O) groups excluding carboxylic acids is 2. The van der Waals surface area contributed by atoms with Crippen LogP contribution < -0.4 is 16.4 Å². The van der Waals surface area contributed by atoms with Crippen LogP contribution in [0.25, 0.3) is 0 Å². The molecule has 4 N–H and O–H groups in total. The van der Waals surface area contributed by atoms with Crippen molar-refractivity contribution in [3.63, 3.8) is 0 Å². The van der Waals surface area contributed by atoms with Crippen LogP contribution in [0, 0.1) is 11.3 Å². The summed E-state index contributed by atoms with van der Waals surface area (Å²) in [5, 5.41) is 8.89. The third-order valence-electron chi connectivity index (χ3n) is 1.90. The van der Waals surface area contributed by atoms with Crippen LogP contribution in [0.2, 0.25) is 0 Å². The van der Waals surface area contributed by atoms with Gasteiger partial charge in [0.15, 0.2) is 0 Å². The van der Waals surface area contributed by atoms with E-state index in [-0.39, 0.29) is 24.5 Å². The molecule has 88 valence electrons. The third-order valence-corrected chi connectivity index (χ3v) is 1.90. The highest BCUT2D eigenvalue weighted by Crippen LogP contribution is 2.15. The molecule has 1 aromatic rings. The standard InChI is InChI=1S/C10H11N5O2/c11-4-7-2-1-3-14-10(7)15(5-8(12)16)6-9(13)17/h1-3H,5-6H2,(H2,12,16)(H2,13,17). The summed E-state index contributed by atoms with van der Waals surface area (Å²) in [5.74, 6) is -1.06. The molecular formula is C10H11N5O2. The molecule has 1 rings (SSSR count). The SMILES string of the molecule is N#Cc1cccnc1N(CC(N)=O)CC(N)=O. The fourth-order valence-electron chi connectivity index (χ4n) is 1.32. The van der Waals surface area contributed by atoms with E-state index < -0.39 is 11.8 Å². The number of anilines is 1. The second-order valence-electron chi connectivity index (χ2n) is 3.28. The van der Waals surface area contributed by atoms with Gasteiger partial charge in [-0.05, 0) is 12.1 Å². The zero-order valence-electron chi connectivity index (χ0n) is 8.96.